The first-order valence-corrected chi connectivity index (χ1v) is 7.36. The van der Waals surface area contributed by atoms with Crippen molar-refractivity contribution >= 4 is 23.1 Å². The van der Waals surface area contributed by atoms with Crippen molar-refractivity contribution in [2.75, 3.05) is 0 Å². The van der Waals surface area contributed by atoms with E-state index >= 15 is 0 Å². The smallest absolute Gasteiger partial charge is 0.103 e. The highest BCUT2D eigenvalue weighted by Crippen LogP contribution is 2.24. The number of aromatic nitrogens is 1. The number of aryl methyl sites for hydroxylation is 1. The van der Waals surface area contributed by atoms with Crippen LogP contribution in [0.15, 0.2) is 40.6 Å². The Hall–Kier alpha value is -0.800. The fourth-order valence-corrected chi connectivity index (χ4v) is 3.21. The molecule has 0 fully saturated rings. The molecule has 1 aromatic heterocycles. The summed E-state index contributed by atoms with van der Waals surface area (Å²) < 4.78 is 0. The lowest BCUT2D eigenvalue weighted by Crippen LogP contribution is -1.84. The Kier molecular flexibility index (Phi) is 4.43. The van der Waals surface area contributed by atoms with Gasteiger partial charge in [0.25, 0.3) is 0 Å². The van der Waals surface area contributed by atoms with Crippen molar-refractivity contribution in [1.82, 2.24) is 4.98 Å². The summed E-state index contributed by atoms with van der Waals surface area (Å²) in [6.07, 6.45) is 2.28. The van der Waals surface area contributed by atoms with Gasteiger partial charge < -0.3 is 0 Å². The predicted octanol–water partition coefficient (Wildman–Crippen LogP) is 4.39. The zero-order chi connectivity index (χ0) is 11.2. The molecule has 0 N–H and O–H groups in total. The van der Waals surface area contributed by atoms with Crippen molar-refractivity contribution in [3.05, 3.63) is 46.4 Å². The summed E-state index contributed by atoms with van der Waals surface area (Å²) in [6.45, 7) is 2.19. The first-order valence-electron chi connectivity index (χ1n) is 5.49. The summed E-state index contributed by atoms with van der Waals surface area (Å²) in [5, 5.41) is 3.42. The van der Waals surface area contributed by atoms with E-state index in [-0.39, 0.29) is 0 Å². The van der Waals surface area contributed by atoms with Crippen molar-refractivity contribution in [2.24, 2.45) is 0 Å². The summed E-state index contributed by atoms with van der Waals surface area (Å²) in [7, 11) is 0. The molecule has 1 nitrogen and oxygen atoms in total. The van der Waals surface area contributed by atoms with Crippen LogP contribution in [0.1, 0.15) is 24.0 Å². The molecule has 1 heterocycles. The fourth-order valence-electron chi connectivity index (χ4n) is 1.45. The average molecular weight is 249 g/mol. The monoisotopic (exact) mass is 249 g/mol. The highest BCUT2D eigenvalue weighted by Gasteiger charge is 2.02. The molecule has 0 amide bonds. The molecule has 0 aliphatic carbocycles. The van der Waals surface area contributed by atoms with E-state index in [0.29, 0.717) is 0 Å². The molecular formula is C13H15NS2. The average Bonchev–Trinajstić information content (AvgIpc) is 2.76. The van der Waals surface area contributed by atoms with Gasteiger partial charge in [-0.2, -0.15) is 0 Å². The molecule has 2 rings (SSSR count). The van der Waals surface area contributed by atoms with Gasteiger partial charge in [0.05, 0.1) is 11.4 Å². The Balaban J connectivity index is 1.89. The molecule has 0 unspecified atom stereocenters. The van der Waals surface area contributed by atoms with E-state index in [4.69, 9.17) is 0 Å². The molecule has 0 saturated carbocycles. The second-order valence-electron chi connectivity index (χ2n) is 3.58. The van der Waals surface area contributed by atoms with Crippen LogP contribution in [0.25, 0.3) is 0 Å². The van der Waals surface area contributed by atoms with Gasteiger partial charge in [0, 0.05) is 10.3 Å². The molecular weight excluding hydrogens is 234 g/mol. The van der Waals surface area contributed by atoms with E-state index in [1.54, 1.807) is 11.3 Å². The Morgan fingerprint density at radius 3 is 2.81 bits per heavy atom. The Labute approximate surface area is 105 Å². The predicted molar refractivity (Wildman–Crippen MR) is 72.1 cm³/mol. The van der Waals surface area contributed by atoms with Crippen LogP contribution in [0, 0.1) is 0 Å². The first-order chi connectivity index (χ1) is 7.88. The number of benzene rings is 1. The van der Waals surface area contributed by atoms with E-state index in [0.717, 1.165) is 12.2 Å². The van der Waals surface area contributed by atoms with Gasteiger partial charge in [0.15, 0.2) is 0 Å². The maximum Gasteiger partial charge on any atom is 0.103 e. The van der Waals surface area contributed by atoms with Crippen molar-refractivity contribution in [1.29, 1.82) is 0 Å². The Morgan fingerprint density at radius 1 is 1.25 bits per heavy atom. The van der Waals surface area contributed by atoms with Crippen LogP contribution >= 0.6 is 23.1 Å². The minimum atomic E-state index is 0.985. The maximum atomic E-state index is 4.61. The van der Waals surface area contributed by atoms with E-state index in [9.17, 15) is 0 Å². The number of rotatable bonds is 5. The second-order valence-corrected chi connectivity index (χ2v) is 5.58. The molecule has 0 spiro atoms. The molecule has 2 aromatic rings. The van der Waals surface area contributed by atoms with Crippen LogP contribution in [-0.4, -0.2) is 4.98 Å². The van der Waals surface area contributed by atoms with E-state index in [2.05, 4.69) is 41.6 Å². The van der Waals surface area contributed by atoms with Crippen molar-refractivity contribution in [2.45, 2.75) is 30.4 Å². The minimum absolute atomic E-state index is 0.985. The highest BCUT2D eigenvalue weighted by atomic mass is 32.2. The van der Waals surface area contributed by atoms with Crippen LogP contribution in [-0.2, 0) is 12.2 Å². The van der Waals surface area contributed by atoms with Crippen molar-refractivity contribution in [3.8, 4) is 0 Å². The van der Waals surface area contributed by atoms with Gasteiger partial charge in [-0.05, 0) is 18.6 Å². The quantitative estimate of drug-likeness (QED) is 0.729. The summed E-state index contributed by atoms with van der Waals surface area (Å²) in [6, 6.07) is 10.5. The molecule has 16 heavy (non-hydrogen) atoms. The zero-order valence-corrected chi connectivity index (χ0v) is 11.0. The molecule has 0 saturated heterocycles. The highest BCUT2D eigenvalue weighted by molar-refractivity contribution is 7.98. The number of hydrogen-bond donors (Lipinski definition) is 0. The Bertz CT molecular complexity index is 423. The molecule has 0 atom stereocenters. The normalized spacial score (nSPS) is 10.6. The maximum absolute atomic E-state index is 4.61. The second kappa shape index (κ2) is 6.06. The molecule has 0 radical (unpaired) electrons. The van der Waals surface area contributed by atoms with Gasteiger partial charge in [-0.15, -0.1) is 23.1 Å². The SMILES string of the molecule is CCCc1csc(CSc2ccccc2)n1. The first kappa shape index (κ1) is 11.7. The van der Waals surface area contributed by atoms with Crippen molar-refractivity contribution < 1.29 is 0 Å². The van der Waals surface area contributed by atoms with Crippen LogP contribution in [0.5, 0.6) is 0 Å². The summed E-state index contributed by atoms with van der Waals surface area (Å²) >= 11 is 3.63. The molecule has 3 heteroatoms. The molecule has 84 valence electrons. The standard InChI is InChI=1S/C13H15NS2/c1-2-6-11-9-16-13(14-11)10-15-12-7-4-3-5-8-12/h3-5,7-9H,2,6,10H2,1H3. The fraction of sp³-hybridized carbons (Fsp3) is 0.308. The van der Waals surface area contributed by atoms with Gasteiger partial charge in [-0.25, -0.2) is 4.98 Å². The third kappa shape index (κ3) is 3.35. The largest absolute Gasteiger partial charge is 0.245 e. The lowest BCUT2D eigenvalue weighted by atomic mass is 10.3. The Morgan fingerprint density at radius 2 is 2.06 bits per heavy atom. The van der Waals surface area contributed by atoms with Crippen LogP contribution in [0.4, 0.5) is 0 Å². The van der Waals surface area contributed by atoms with Crippen LogP contribution < -0.4 is 0 Å². The van der Waals surface area contributed by atoms with Gasteiger partial charge in [-0.3, -0.25) is 0 Å². The van der Waals surface area contributed by atoms with Gasteiger partial charge in [0.2, 0.25) is 0 Å². The van der Waals surface area contributed by atoms with Crippen LogP contribution in [0.3, 0.4) is 0 Å². The third-order valence-electron chi connectivity index (χ3n) is 2.21. The summed E-state index contributed by atoms with van der Waals surface area (Å²) in [5.74, 6) is 0.985. The molecule has 0 aliphatic rings. The van der Waals surface area contributed by atoms with E-state index < -0.39 is 0 Å². The van der Waals surface area contributed by atoms with Gasteiger partial charge in [-0.1, -0.05) is 31.5 Å². The third-order valence-corrected chi connectivity index (χ3v) is 4.31. The number of hydrogen-bond acceptors (Lipinski definition) is 3. The molecule has 1 aromatic carbocycles. The lowest BCUT2D eigenvalue weighted by Gasteiger charge is -1.97. The van der Waals surface area contributed by atoms with Crippen molar-refractivity contribution in [3.63, 3.8) is 0 Å². The lowest BCUT2D eigenvalue weighted by molar-refractivity contribution is 0.887. The summed E-state index contributed by atoms with van der Waals surface area (Å²) in [4.78, 5) is 5.93. The molecule has 0 bridgehead atoms. The molecule has 0 aliphatic heterocycles. The van der Waals surface area contributed by atoms with Gasteiger partial charge >= 0.3 is 0 Å². The number of thiazole rings is 1. The topological polar surface area (TPSA) is 12.9 Å². The van der Waals surface area contributed by atoms with E-state index in [1.165, 1.54) is 22.0 Å². The zero-order valence-electron chi connectivity index (χ0n) is 9.35. The summed E-state index contributed by atoms with van der Waals surface area (Å²) in [5.41, 5.74) is 1.25. The van der Waals surface area contributed by atoms with Crippen LogP contribution in [0.2, 0.25) is 0 Å². The number of nitrogens with zero attached hydrogens (tertiary/aromatic N) is 1. The number of thioether (sulfide) groups is 1. The minimum Gasteiger partial charge on any atom is -0.245 e. The van der Waals surface area contributed by atoms with Gasteiger partial charge in [0.1, 0.15) is 5.01 Å². The van der Waals surface area contributed by atoms with E-state index in [1.807, 2.05) is 17.8 Å².